The van der Waals surface area contributed by atoms with Gasteiger partial charge in [-0.25, -0.2) is 4.68 Å². The van der Waals surface area contributed by atoms with Gasteiger partial charge < -0.3 is 15.1 Å². The number of carbonyl (C=O) groups is 3. The molecule has 4 fully saturated rings. The minimum absolute atomic E-state index is 0.104. The quantitative estimate of drug-likeness (QED) is 0.330. The highest BCUT2D eigenvalue weighted by molar-refractivity contribution is 6.32. The van der Waals surface area contributed by atoms with E-state index in [0.717, 1.165) is 69.4 Å². The Kier molecular flexibility index (Phi) is 9.85. The molecular weight excluding hydrogens is 652 g/mol. The van der Waals surface area contributed by atoms with Crippen LogP contribution in [0.1, 0.15) is 103 Å². The molecule has 1 saturated carbocycles. The van der Waals surface area contributed by atoms with Crippen molar-refractivity contribution < 1.29 is 14.4 Å². The van der Waals surface area contributed by atoms with Crippen LogP contribution in [0, 0.1) is 5.41 Å². The molecule has 1 spiro atoms. The van der Waals surface area contributed by atoms with Crippen LogP contribution in [0.5, 0.6) is 0 Å². The Labute approximate surface area is 298 Å². The van der Waals surface area contributed by atoms with Crippen LogP contribution < -0.4 is 16.2 Å². The topological polar surface area (TPSA) is 117 Å². The molecule has 1 aliphatic carbocycles. The summed E-state index contributed by atoms with van der Waals surface area (Å²) in [6.07, 6.45) is 10.2. The van der Waals surface area contributed by atoms with E-state index in [4.69, 9.17) is 11.6 Å². The lowest BCUT2D eigenvalue weighted by Gasteiger charge is -2.46. The maximum Gasteiger partial charge on any atom is 0.287 e. The zero-order valence-corrected chi connectivity index (χ0v) is 29.8. The molecule has 3 atom stereocenters. The molecule has 0 radical (unpaired) electrons. The van der Waals surface area contributed by atoms with Crippen molar-refractivity contribution in [3.63, 3.8) is 0 Å². The molecule has 11 heteroatoms. The average Bonchev–Trinajstić information content (AvgIpc) is 3.12. The molecule has 1 aromatic heterocycles. The van der Waals surface area contributed by atoms with Crippen LogP contribution >= 0.6 is 11.6 Å². The zero-order chi connectivity index (χ0) is 35.0. The molecule has 7 rings (SSSR count). The molecule has 2 N–H and O–H groups in total. The first kappa shape index (κ1) is 34.4. The van der Waals surface area contributed by atoms with E-state index < -0.39 is 0 Å². The minimum atomic E-state index is -0.318. The molecule has 3 unspecified atom stereocenters. The minimum Gasteiger partial charge on any atom is -0.378 e. The lowest BCUT2D eigenvalue weighted by Crippen LogP contribution is -2.44. The number of aromatic nitrogens is 2. The molecule has 0 bridgehead atoms. The standard InChI is InChI=1S/C39H47ClN6O4/c1-44-23-30(21-31(24-44)42-33-22-41-45(2)38(50)35(33)40)26-5-9-29(10-6-26)37(49)46-19-17-39(18-20-46)15-13-27(14-16-39)25-3-7-28(8-4-25)32-11-12-34(47)43-36(32)48/h3-10,22,27,30-32,42H,11-21,23-24H2,1-2H3,(H,43,47,48). The van der Waals surface area contributed by atoms with Gasteiger partial charge in [-0.05, 0) is 104 Å². The van der Waals surface area contributed by atoms with E-state index in [1.807, 2.05) is 17.0 Å². The first-order chi connectivity index (χ1) is 24.1. The maximum absolute atomic E-state index is 13.6. The summed E-state index contributed by atoms with van der Waals surface area (Å²) in [5.41, 5.74) is 4.82. The largest absolute Gasteiger partial charge is 0.378 e. The van der Waals surface area contributed by atoms with Crippen LogP contribution in [0.2, 0.25) is 5.02 Å². The third kappa shape index (κ3) is 7.23. The van der Waals surface area contributed by atoms with Crippen LogP contribution in [0.15, 0.2) is 59.5 Å². The number of anilines is 1. The van der Waals surface area contributed by atoms with Crippen LogP contribution in [-0.2, 0) is 16.6 Å². The molecule has 3 aliphatic heterocycles. The maximum atomic E-state index is 13.6. The Morgan fingerprint density at radius 2 is 1.50 bits per heavy atom. The Bertz CT molecular complexity index is 1790. The molecule has 50 heavy (non-hydrogen) atoms. The van der Waals surface area contributed by atoms with Crippen molar-refractivity contribution >= 4 is 35.0 Å². The van der Waals surface area contributed by atoms with E-state index in [9.17, 15) is 19.2 Å². The molecule has 10 nitrogen and oxygen atoms in total. The first-order valence-corrected chi connectivity index (χ1v) is 18.4. The molecule has 4 heterocycles. The van der Waals surface area contributed by atoms with Crippen molar-refractivity contribution in [1.29, 1.82) is 0 Å². The highest BCUT2D eigenvalue weighted by Gasteiger charge is 2.39. The Balaban J connectivity index is 0.901. The second-order valence-electron chi connectivity index (χ2n) is 15.2. The van der Waals surface area contributed by atoms with Gasteiger partial charge in [0.05, 0.1) is 17.8 Å². The van der Waals surface area contributed by atoms with Gasteiger partial charge in [-0.15, -0.1) is 0 Å². The van der Waals surface area contributed by atoms with Gasteiger partial charge in [0.25, 0.3) is 11.5 Å². The molecule has 4 aliphatic rings. The smallest absolute Gasteiger partial charge is 0.287 e. The normalized spacial score (nSPS) is 24.6. The summed E-state index contributed by atoms with van der Waals surface area (Å²) in [4.78, 5) is 54.0. The number of piperidine rings is 3. The third-order valence-electron chi connectivity index (χ3n) is 11.9. The fraction of sp³-hybridized carbons (Fsp3) is 0.513. The van der Waals surface area contributed by atoms with E-state index in [2.05, 4.69) is 64.1 Å². The number of likely N-dealkylation sites (tertiary alicyclic amines) is 2. The summed E-state index contributed by atoms with van der Waals surface area (Å²) >= 11 is 6.32. The van der Waals surface area contributed by atoms with Gasteiger partial charge in [-0.1, -0.05) is 48.0 Å². The van der Waals surface area contributed by atoms with E-state index in [-0.39, 0.29) is 46.2 Å². The van der Waals surface area contributed by atoms with Gasteiger partial charge in [-0.2, -0.15) is 5.10 Å². The van der Waals surface area contributed by atoms with Gasteiger partial charge in [0.2, 0.25) is 11.8 Å². The number of nitrogens with one attached hydrogen (secondary N) is 2. The number of aryl methyl sites for hydroxylation is 1. The second-order valence-corrected chi connectivity index (χ2v) is 15.5. The number of nitrogens with zero attached hydrogens (tertiary/aromatic N) is 4. The number of carbonyl (C=O) groups excluding carboxylic acids is 3. The Morgan fingerprint density at radius 3 is 2.18 bits per heavy atom. The number of likely N-dealkylation sites (N-methyl/N-ethyl adjacent to an activating group) is 1. The summed E-state index contributed by atoms with van der Waals surface area (Å²) in [5, 5.41) is 10.2. The van der Waals surface area contributed by atoms with Gasteiger partial charge in [0.1, 0.15) is 5.02 Å². The average molecular weight is 699 g/mol. The fourth-order valence-electron chi connectivity index (χ4n) is 8.84. The van der Waals surface area contributed by atoms with Gasteiger partial charge in [-0.3, -0.25) is 24.5 Å². The molecular formula is C39H47ClN6O4. The highest BCUT2D eigenvalue weighted by atomic mass is 35.5. The summed E-state index contributed by atoms with van der Waals surface area (Å²) < 4.78 is 1.23. The van der Waals surface area contributed by atoms with Crippen molar-refractivity contribution in [2.24, 2.45) is 12.5 Å². The van der Waals surface area contributed by atoms with Gasteiger partial charge in [0, 0.05) is 51.3 Å². The number of hydrogen-bond donors (Lipinski definition) is 2. The summed E-state index contributed by atoms with van der Waals surface area (Å²) in [5.74, 6) is 0.309. The number of hydrogen-bond acceptors (Lipinski definition) is 7. The van der Waals surface area contributed by atoms with E-state index in [1.165, 1.54) is 28.7 Å². The molecule has 3 saturated heterocycles. The Morgan fingerprint density at radius 1 is 0.860 bits per heavy atom. The fourth-order valence-corrected chi connectivity index (χ4v) is 9.06. The second kappa shape index (κ2) is 14.3. The van der Waals surface area contributed by atoms with Crippen LogP contribution in [0.3, 0.4) is 0 Å². The molecule has 3 amide bonds. The molecule has 3 aromatic rings. The van der Waals surface area contributed by atoms with Crippen molar-refractivity contribution in [3.05, 3.63) is 92.4 Å². The van der Waals surface area contributed by atoms with Crippen molar-refractivity contribution in [2.75, 3.05) is 38.5 Å². The lowest BCUT2D eigenvalue weighted by atomic mass is 9.64. The summed E-state index contributed by atoms with van der Waals surface area (Å²) in [7, 11) is 3.68. The van der Waals surface area contributed by atoms with Gasteiger partial charge in [0.15, 0.2) is 0 Å². The first-order valence-electron chi connectivity index (χ1n) is 18.1. The van der Waals surface area contributed by atoms with Crippen LogP contribution in [0.4, 0.5) is 5.69 Å². The monoisotopic (exact) mass is 698 g/mol. The predicted molar refractivity (Wildman–Crippen MR) is 194 cm³/mol. The number of halogens is 1. The molecule has 2 aromatic carbocycles. The van der Waals surface area contributed by atoms with Crippen molar-refractivity contribution in [3.8, 4) is 0 Å². The summed E-state index contributed by atoms with van der Waals surface area (Å²) in [6, 6.07) is 16.8. The molecule has 264 valence electrons. The van der Waals surface area contributed by atoms with Crippen molar-refractivity contribution in [1.82, 2.24) is 24.9 Å². The SMILES string of the molecule is CN1CC(Nc2cnn(C)c(=O)c2Cl)CC(c2ccc(C(=O)N3CCC4(CCC(c5ccc(C6CCC(=O)NC6=O)cc5)CC4)CC3)cc2)C1. The van der Waals surface area contributed by atoms with Crippen LogP contribution in [-0.4, -0.2) is 76.6 Å². The highest BCUT2D eigenvalue weighted by Crippen LogP contribution is 2.49. The zero-order valence-electron chi connectivity index (χ0n) is 29.0. The van der Waals surface area contributed by atoms with Crippen molar-refractivity contribution in [2.45, 2.75) is 81.6 Å². The third-order valence-corrected chi connectivity index (χ3v) is 12.3. The van der Waals surface area contributed by atoms with E-state index in [0.29, 0.717) is 29.9 Å². The number of imide groups is 1. The van der Waals surface area contributed by atoms with E-state index in [1.54, 1.807) is 13.2 Å². The number of benzene rings is 2. The number of amides is 3. The lowest BCUT2D eigenvalue weighted by molar-refractivity contribution is -0.134. The number of rotatable bonds is 6. The van der Waals surface area contributed by atoms with Crippen LogP contribution in [0.25, 0.3) is 0 Å². The Hall–Kier alpha value is -4.02. The summed E-state index contributed by atoms with van der Waals surface area (Å²) in [6.45, 7) is 3.34. The van der Waals surface area contributed by atoms with Gasteiger partial charge >= 0.3 is 0 Å². The van der Waals surface area contributed by atoms with E-state index >= 15 is 0 Å². The predicted octanol–water partition coefficient (Wildman–Crippen LogP) is 5.43.